The van der Waals surface area contributed by atoms with Crippen molar-refractivity contribution in [2.75, 3.05) is 7.05 Å². The van der Waals surface area contributed by atoms with Gasteiger partial charge in [-0.3, -0.25) is 4.90 Å². The molecule has 1 aromatic carbocycles. The Morgan fingerprint density at radius 2 is 1.88 bits per heavy atom. The highest BCUT2D eigenvalue weighted by molar-refractivity contribution is 5.82. The Balaban J connectivity index is 1.58. The second-order valence-electron chi connectivity index (χ2n) is 7.76. The molecule has 0 spiro atoms. The van der Waals surface area contributed by atoms with Gasteiger partial charge in [0.2, 0.25) is 0 Å². The summed E-state index contributed by atoms with van der Waals surface area (Å²) in [6, 6.07) is 10.2. The predicted molar refractivity (Wildman–Crippen MR) is 91.4 cm³/mol. The van der Waals surface area contributed by atoms with E-state index in [9.17, 15) is 9.90 Å². The number of benzene rings is 1. The molecule has 4 nitrogen and oxygen atoms in total. The molecule has 1 aliphatic carbocycles. The van der Waals surface area contributed by atoms with Crippen LogP contribution in [0.2, 0.25) is 0 Å². The number of ether oxygens (including phenoxy) is 1. The lowest BCUT2D eigenvalue weighted by molar-refractivity contribution is -0.180. The molecule has 0 amide bonds. The minimum atomic E-state index is -1.50. The van der Waals surface area contributed by atoms with E-state index < -0.39 is 11.6 Å². The summed E-state index contributed by atoms with van der Waals surface area (Å²) in [5, 5.41) is 11.5. The summed E-state index contributed by atoms with van der Waals surface area (Å²) in [4.78, 5) is 15.4. The van der Waals surface area contributed by atoms with Gasteiger partial charge in [0.25, 0.3) is 0 Å². The lowest BCUT2D eigenvalue weighted by Crippen LogP contribution is -2.46. The third kappa shape index (κ3) is 2.47. The van der Waals surface area contributed by atoms with Crippen molar-refractivity contribution in [2.24, 2.45) is 5.92 Å². The van der Waals surface area contributed by atoms with Gasteiger partial charge in [-0.1, -0.05) is 43.2 Å². The number of hydrogen-bond donors (Lipinski definition) is 1. The zero-order chi connectivity index (χ0) is 16.7. The molecule has 4 rings (SSSR count). The van der Waals surface area contributed by atoms with Crippen LogP contribution >= 0.6 is 0 Å². The number of aliphatic hydroxyl groups is 1. The van der Waals surface area contributed by atoms with E-state index in [1.807, 2.05) is 30.3 Å². The van der Waals surface area contributed by atoms with E-state index in [0.29, 0.717) is 17.6 Å². The first-order valence-electron chi connectivity index (χ1n) is 9.31. The van der Waals surface area contributed by atoms with Gasteiger partial charge in [0, 0.05) is 24.4 Å². The molecule has 0 aromatic heterocycles. The largest absolute Gasteiger partial charge is 0.458 e. The number of esters is 1. The van der Waals surface area contributed by atoms with Gasteiger partial charge in [-0.25, -0.2) is 4.79 Å². The van der Waals surface area contributed by atoms with Gasteiger partial charge in [-0.15, -0.1) is 0 Å². The van der Waals surface area contributed by atoms with Crippen molar-refractivity contribution in [2.45, 2.75) is 68.7 Å². The van der Waals surface area contributed by atoms with E-state index in [1.54, 1.807) is 0 Å². The van der Waals surface area contributed by atoms with Crippen LogP contribution in [-0.2, 0) is 15.1 Å². The standard InChI is InChI=1S/C20H27NO3/c1-21-16-11-12-17(21)18(13-16)24-19(22)20(23,15-9-5-6-10-15)14-7-3-2-4-8-14/h2-4,7-8,15-18,23H,5-6,9-13H2,1H3/t16?,17-,18+,20-/m1/s1. The Morgan fingerprint density at radius 1 is 1.17 bits per heavy atom. The third-order valence-electron chi connectivity index (χ3n) is 6.56. The number of nitrogens with zero attached hydrogens (tertiary/aromatic N) is 1. The van der Waals surface area contributed by atoms with Crippen LogP contribution in [0.3, 0.4) is 0 Å². The molecule has 24 heavy (non-hydrogen) atoms. The Kier molecular flexibility index (Phi) is 4.13. The molecule has 0 radical (unpaired) electrons. The van der Waals surface area contributed by atoms with Crippen LogP contribution in [0.1, 0.15) is 50.5 Å². The minimum absolute atomic E-state index is 0.0382. The van der Waals surface area contributed by atoms with Gasteiger partial charge in [0.1, 0.15) is 6.10 Å². The summed E-state index contributed by atoms with van der Waals surface area (Å²) >= 11 is 0. The molecule has 3 fully saturated rings. The van der Waals surface area contributed by atoms with Gasteiger partial charge in [0.05, 0.1) is 0 Å². The summed E-state index contributed by atoms with van der Waals surface area (Å²) in [5.74, 6) is -0.477. The van der Waals surface area contributed by atoms with Gasteiger partial charge >= 0.3 is 5.97 Å². The highest BCUT2D eigenvalue weighted by Crippen LogP contribution is 2.43. The molecular weight excluding hydrogens is 302 g/mol. The number of carbonyl (C=O) groups is 1. The Bertz CT molecular complexity index is 598. The van der Waals surface area contributed by atoms with Crippen molar-refractivity contribution >= 4 is 5.97 Å². The molecule has 3 aliphatic rings. The molecule has 1 N–H and O–H groups in total. The highest BCUT2D eigenvalue weighted by atomic mass is 16.6. The summed E-state index contributed by atoms with van der Waals surface area (Å²) in [6.07, 6.45) is 7.04. The first-order chi connectivity index (χ1) is 11.6. The number of carbonyl (C=O) groups excluding carboxylic acids is 1. The van der Waals surface area contributed by atoms with Crippen LogP contribution in [-0.4, -0.2) is 41.2 Å². The second-order valence-corrected chi connectivity index (χ2v) is 7.76. The first kappa shape index (κ1) is 16.1. The molecule has 130 valence electrons. The van der Waals surface area contributed by atoms with Gasteiger partial charge in [-0.2, -0.15) is 0 Å². The number of likely N-dealkylation sites (N-methyl/N-ethyl adjacent to an activating group) is 1. The number of hydrogen-bond acceptors (Lipinski definition) is 4. The quantitative estimate of drug-likeness (QED) is 0.863. The van der Waals surface area contributed by atoms with Crippen LogP contribution < -0.4 is 0 Å². The molecule has 4 atom stereocenters. The van der Waals surface area contributed by atoms with E-state index in [-0.39, 0.29) is 12.0 Å². The van der Waals surface area contributed by atoms with Crippen LogP contribution in [0.25, 0.3) is 0 Å². The number of fused-ring (bicyclic) bond motifs is 2. The van der Waals surface area contributed by atoms with Gasteiger partial charge in [-0.05, 0) is 38.3 Å². The second kappa shape index (κ2) is 6.16. The predicted octanol–water partition coefficient (Wildman–Crippen LogP) is 2.84. The van der Waals surface area contributed by atoms with Gasteiger partial charge < -0.3 is 9.84 Å². The first-order valence-corrected chi connectivity index (χ1v) is 9.31. The van der Waals surface area contributed by atoms with E-state index in [1.165, 1.54) is 6.42 Å². The monoisotopic (exact) mass is 329 g/mol. The van der Waals surface area contributed by atoms with Crippen molar-refractivity contribution < 1.29 is 14.6 Å². The summed E-state index contributed by atoms with van der Waals surface area (Å²) < 4.78 is 5.92. The summed E-state index contributed by atoms with van der Waals surface area (Å²) in [6.45, 7) is 0. The zero-order valence-corrected chi connectivity index (χ0v) is 14.4. The van der Waals surface area contributed by atoms with E-state index in [2.05, 4.69) is 11.9 Å². The fourth-order valence-corrected chi connectivity index (χ4v) is 5.11. The zero-order valence-electron chi connectivity index (χ0n) is 14.4. The minimum Gasteiger partial charge on any atom is -0.458 e. The van der Waals surface area contributed by atoms with Crippen molar-refractivity contribution in [1.29, 1.82) is 0 Å². The normalized spacial score (nSPS) is 32.8. The third-order valence-corrected chi connectivity index (χ3v) is 6.56. The Morgan fingerprint density at radius 3 is 2.46 bits per heavy atom. The maximum Gasteiger partial charge on any atom is 0.343 e. The van der Waals surface area contributed by atoms with Gasteiger partial charge in [0.15, 0.2) is 5.60 Å². The van der Waals surface area contributed by atoms with E-state index in [0.717, 1.165) is 38.5 Å². The van der Waals surface area contributed by atoms with Crippen molar-refractivity contribution in [3.63, 3.8) is 0 Å². The van der Waals surface area contributed by atoms with Crippen molar-refractivity contribution in [3.8, 4) is 0 Å². The average molecular weight is 329 g/mol. The molecule has 4 heteroatoms. The molecule has 2 heterocycles. The fourth-order valence-electron chi connectivity index (χ4n) is 5.11. The molecular formula is C20H27NO3. The fraction of sp³-hybridized carbons (Fsp3) is 0.650. The molecule has 1 aromatic rings. The van der Waals surface area contributed by atoms with Crippen LogP contribution in [0.4, 0.5) is 0 Å². The Hall–Kier alpha value is -1.39. The number of rotatable bonds is 4. The smallest absolute Gasteiger partial charge is 0.343 e. The SMILES string of the molecule is CN1C2CC[C@@H]1[C@@H](OC(=O)[C@@](O)(c1ccccc1)C1CCCC1)C2. The van der Waals surface area contributed by atoms with Crippen LogP contribution in [0.15, 0.2) is 30.3 Å². The van der Waals surface area contributed by atoms with Crippen molar-refractivity contribution in [1.82, 2.24) is 4.90 Å². The Labute approximate surface area is 143 Å². The average Bonchev–Trinajstić information content (AvgIpc) is 3.32. The topological polar surface area (TPSA) is 49.8 Å². The lowest BCUT2D eigenvalue weighted by Gasteiger charge is -2.34. The molecule has 2 bridgehead atoms. The maximum absolute atomic E-state index is 13.1. The van der Waals surface area contributed by atoms with E-state index >= 15 is 0 Å². The van der Waals surface area contributed by atoms with E-state index in [4.69, 9.17) is 4.74 Å². The summed E-state index contributed by atoms with van der Waals surface area (Å²) in [7, 11) is 2.12. The van der Waals surface area contributed by atoms with Crippen LogP contribution in [0, 0.1) is 5.92 Å². The maximum atomic E-state index is 13.1. The molecule has 1 unspecified atom stereocenters. The summed E-state index contributed by atoms with van der Waals surface area (Å²) in [5.41, 5.74) is -0.823. The molecule has 2 saturated heterocycles. The molecule has 1 saturated carbocycles. The highest BCUT2D eigenvalue weighted by Gasteiger charge is 2.52. The lowest BCUT2D eigenvalue weighted by atomic mass is 9.80. The van der Waals surface area contributed by atoms with Crippen LogP contribution in [0.5, 0.6) is 0 Å². The molecule has 2 aliphatic heterocycles. The van der Waals surface area contributed by atoms with Crippen molar-refractivity contribution in [3.05, 3.63) is 35.9 Å².